The van der Waals surface area contributed by atoms with Crippen molar-refractivity contribution in [2.24, 2.45) is 0 Å². The quantitative estimate of drug-likeness (QED) is 0.740. The van der Waals surface area contributed by atoms with Gasteiger partial charge in [0.05, 0.1) is 6.61 Å². The summed E-state index contributed by atoms with van der Waals surface area (Å²) in [7, 11) is 1.70. The topological polar surface area (TPSA) is 46.2 Å². The van der Waals surface area contributed by atoms with E-state index in [1.807, 2.05) is 12.1 Å². The van der Waals surface area contributed by atoms with Crippen molar-refractivity contribution in [3.8, 4) is 0 Å². The molecule has 0 aromatic carbocycles. The van der Waals surface area contributed by atoms with Gasteiger partial charge in [0.15, 0.2) is 0 Å². The van der Waals surface area contributed by atoms with Crippen molar-refractivity contribution < 1.29 is 4.74 Å². The Morgan fingerprint density at radius 2 is 2.20 bits per heavy atom. The molecule has 0 amide bonds. The highest BCUT2D eigenvalue weighted by molar-refractivity contribution is 9.10. The van der Waals surface area contributed by atoms with Crippen LogP contribution in [0.5, 0.6) is 0 Å². The summed E-state index contributed by atoms with van der Waals surface area (Å²) in [6, 6.07) is 3.91. The van der Waals surface area contributed by atoms with Crippen LogP contribution in [0.4, 0.5) is 5.82 Å². The fraction of sp³-hybridized carbons (Fsp3) is 0.500. The van der Waals surface area contributed by atoms with Crippen LogP contribution in [0.15, 0.2) is 22.8 Å². The standard InChI is InChI=1S/C10H16BrN3O/c1-15-7-6-12-4-5-13-10-3-2-9(11)8-14-10/h2-3,8,12H,4-7H2,1H3,(H,13,14). The van der Waals surface area contributed by atoms with Crippen molar-refractivity contribution in [3.05, 3.63) is 22.8 Å². The van der Waals surface area contributed by atoms with E-state index < -0.39 is 0 Å². The lowest BCUT2D eigenvalue weighted by atomic mass is 10.4. The molecule has 0 unspecified atom stereocenters. The Balaban J connectivity index is 2.07. The third kappa shape index (κ3) is 5.71. The van der Waals surface area contributed by atoms with Gasteiger partial charge in [-0.3, -0.25) is 0 Å². The number of rotatable bonds is 7. The summed E-state index contributed by atoms with van der Waals surface area (Å²) in [6.45, 7) is 3.39. The number of pyridine rings is 1. The Hall–Kier alpha value is -0.650. The Kier molecular flexibility index (Phi) is 6.31. The zero-order valence-corrected chi connectivity index (χ0v) is 10.4. The minimum Gasteiger partial charge on any atom is -0.383 e. The van der Waals surface area contributed by atoms with E-state index in [4.69, 9.17) is 4.74 Å². The van der Waals surface area contributed by atoms with E-state index in [9.17, 15) is 0 Å². The predicted molar refractivity (Wildman–Crippen MR) is 65.2 cm³/mol. The van der Waals surface area contributed by atoms with Gasteiger partial charge in [0.2, 0.25) is 0 Å². The summed E-state index contributed by atoms with van der Waals surface area (Å²) in [5.41, 5.74) is 0. The molecule has 0 saturated carbocycles. The summed E-state index contributed by atoms with van der Waals surface area (Å²) < 4.78 is 5.91. The van der Waals surface area contributed by atoms with Crippen LogP contribution in [-0.2, 0) is 4.74 Å². The molecule has 0 aliphatic heterocycles. The maximum atomic E-state index is 4.92. The van der Waals surface area contributed by atoms with Crippen molar-refractivity contribution >= 4 is 21.7 Å². The molecule has 0 spiro atoms. The van der Waals surface area contributed by atoms with Gasteiger partial charge < -0.3 is 15.4 Å². The second-order valence-electron chi connectivity index (χ2n) is 3.03. The van der Waals surface area contributed by atoms with Gasteiger partial charge in [0.1, 0.15) is 5.82 Å². The molecule has 1 heterocycles. The van der Waals surface area contributed by atoms with Crippen LogP contribution in [0.25, 0.3) is 0 Å². The van der Waals surface area contributed by atoms with E-state index in [2.05, 4.69) is 31.5 Å². The number of nitrogens with one attached hydrogen (secondary N) is 2. The molecule has 1 aromatic heterocycles. The highest BCUT2D eigenvalue weighted by Crippen LogP contribution is 2.09. The number of methoxy groups -OCH3 is 1. The summed E-state index contributed by atoms with van der Waals surface area (Å²) in [4.78, 5) is 4.20. The molecule has 4 nitrogen and oxygen atoms in total. The molecule has 0 aliphatic rings. The monoisotopic (exact) mass is 273 g/mol. The van der Waals surface area contributed by atoms with Crippen LogP contribution in [0, 0.1) is 0 Å². The fourth-order valence-corrected chi connectivity index (χ4v) is 1.29. The minimum absolute atomic E-state index is 0.747. The lowest BCUT2D eigenvalue weighted by Gasteiger charge is -2.06. The maximum absolute atomic E-state index is 4.92. The molecule has 0 bridgehead atoms. The van der Waals surface area contributed by atoms with Gasteiger partial charge in [0, 0.05) is 37.4 Å². The van der Waals surface area contributed by atoms with Gasteiger partial charge in [0.25, 0.3) is 0 Å². The molecule has 2 N–H and O–H groups in total. The highest BCUT2D eigenvalue weighted by Gasteiger charge is 1.92. The summed E-state index contributed by atoms with van der Waals surface area (Å²) in [6.07, 6.45) is 1.78. The Labute approximate surface area is 98.6 Å². The van der Waals surface area contributed by atoms with Crippen LogP contribution in [0.3, 0.4) is 0 Å². The number of aromatic nitrogens is 1. The van der Waals surface area contributed by atoms with Gasteiger partial charge in [-0.1, -0.05) is 0 Å². The first kappa shape index (κ1) is 12.4. The van der Waals surface area contributed by atoms with Crippen LogP contribution in [0.1, 0.15) is 0 Å². The second kappa shape index (κ2) is 7.62. The van der Waals surface area contributed by atoms with Crippen molar-refractivity contribution in [2.75, 3.05) is 38.7 Å². The van der Waals surface area contributed by atoms with Crippen molar-refractivity contribution in [2.45, 2.75) is 0 Å². The molecule has 0 radical (unpaired) electrons. The molecular weight excluding hydrogens is 258 g/mol. The zero-order valence-electron chi connectivity index (χ0n) is 8.79. The summed E-state index contributed by atoms with van der Waals surface area (Å²) in [5.74, 6) is 0.895. The zero-order chi connectivity index (χ0) is 10.9. The lowest BCUT2D eigenvalue weighted by Crippen LogP contribution is -2.25. The van der Waals surface area contributed by atoms with E-state index in [1.165, 1.54) is 0 Å². The van der Waals surface area contributed by atoms with Gasteiger partial charge in [-0.2, -0.15) is 0 Å². The van der Waals surface area contributed by atoms with Crippen molar-refractivity contribution in [1.29, 1.82) is 0 Å². The van der Waals surface area contributed by atoms with Crippen LogP contribution in [0.2, 0.25) is 0 Å². The Bertz CT molecular complexity index is 266. The summed E-state index contributed by atoms with van der Waals surface area (Å²) >= 11 is 3.34. The molecule has 0 atom stereocenters. The average molecular weight is 274 g/mol. The molecule has 1 rings (SSSR count). The van der Waals surface area contributed by atoms with E-state index in [-0.39, 0.29) is 0 Å². The first-order valence-electron chi connectivity index (χ1n) is 4.88. The molecule has 1 aromatic rings. The van der Waals surface area contributed by atoms with Crippen LogP contribution in [-0.4, -0.2) is 38.3 Å². The van der Waals surface area contributed by atoms with Gasteiger partial charge in [-0.25, -0.2) is 4.98 Å². The molecule has 84 valence electrons. The van der Waals surface area contributed by atoms with Gasteiger partial charge in [-0.15, -0.1) is 0 Å². The predicted octanol–water partition coefficient (Wildman–Crippen LogP) is 1.49. The first-order chi connectivity index (χ1) is 7.33. The molecule has 0 aliphatic carbocycles. The number of nitrogens with zero attached hydrogens (tertiary/aromatic N) is 1. The Morgan fingerprint density at radius 3 is 2.87 bits per heavy atom. The number of halogens is 1. The van der Waals surface area contributed by atoms with Crippen molar-refractivity contribution in [3.63, 3.8) is 0 Å². The van der Waals surface area contributed by atoms with E-state index in [1.54, 1.807) is 13.3 Å². The molecule has 5 heteroatoms. The SMILES string of the molecule is COCCNCCNc1ccc(Br)cn1. The molecular formula is C10H16BrN3O. The fourth-order valence-electron chi connectivity index (χ4n) is 1.06. The molecule has 0 fully saturated rings. The number of anilines is 1. The van der Waals surface area contributed by atoms with Crippen LogP contribution < -0.4 is 10.6 Å². The second-order valence-corrected chi connectivity index (χ2v) is 3.95. The number of hydrogen-bond donors (Lipinski definition) is 2. The number of ether oxygens (including phenoxy) is 1. The van der Waals surface area contributed by atoms with Crippen LogP contribution >= 0.6 is 15.9 Å². The van der Waals surface area contributed by atoms with Gasteiger partial charge >= 0.3 is 0 Å². The average Bonchev–Trinajstić information content (AvgIpc) is 2.26. The smallest absolute Gasteiger partial charge is 0.126 e. The molecule has 0 saturated heterocycles. The minimum atomic E-state index is 0.747. The number of hydrogen-bond acceptors (Lipinski definition) is 4. The van der Waals surface area contributed by atoms with E-state index in [0.717, 1.165) is 36.5 Å². The van der Waals surface area contributed by atoms with Crippen molar-refractivity contribution in [1.82, 2.24) is 10.3 Å². The third-order valence-electron chi connectivity index (χ3n) is 1.82. The van der Waals surface area contributed by atoms with E-state index in [0.29, 0.717) is 0 Å². The normalized spacial score (nSPS) is 10.3. The first-order valence-corrected chi connectivity index (χ1v) is 5.67. The Morgan fingerprint density at radius 1 is 1.33 bits per heavy atom. The third-order valence-corrected chi connectivity index (χ3v) is 2.29. The van der Waals surface area contributed by atoms with E-state index >= 15 is 0 Å². The molecule has 15 heavy (non-hydrogen) atoms. The summed E-state index contributed by atoms with van der Waals surface area (Å²) in [5, 5.41) is 6.46. The highest BCUT2D eigenvalue weighted by atomic mass is 79.9. The lowest BCUT2D eigenvalue weighted by molar-refractivity contribution is 0.200. The van der Waals surface area contributed by atoms with Gasteiger partial charge in [-0.05, 0) is 28.1 Å². The maximum Gasteiger partial charge on any atom is 0.126 e. The largest absolute Gasteiger partial charge is 0.383 e.